The van der Waals surface area contributed by atoms with Gasteiger partial charge in [-0.25, -0.2) is 8.78 Å². The number of rotatable bonds is 3. The summed E-state index contributed by atoms with van der Waals surface area (Å²) in [5.74, 6) is -1.95. The maximum Gasteiger partial charge on any atom is 0.488 e. The zero-order valence-corrected chi connectivity index (χ0v) is 10.3. The van der Waals surface area contributed by atoms with Crippen LogP contribution >= 0.6 is 0 Å². The summed E-state index contributed by atoms with van der Waals surface area (Å²) in [6.07, 6.45) is 1.91. The van der Waals surface area contributed by atoms with Crippen LogP contribution in [0.4, 0.5) is 8.78 Å². The second kappa shape index (κ2) is 5.55. The molecule has 0 fully saturated rings. The summed E-state index contributed by atoms with van der Waals surface area (Å²) in [5.41, 5.74) is 0.330. The molecule has 2 N–H and O–H groups in total. The van der Waals surface area contributed by atoms with E-state index in [0.717, 1.165) is 6.08 Å². The lowest BCUT2D eigenvalue weighted by Gasteiger charge is -2.24. The van der Waals surface area contributed by atoms with Gasteiger partial charge in [-0.2, -0.15) is 0 Å². The van der Waals surface area contributed by atoms with Gasteiger partial charge in [0.1, 0.15) is 17.7 Å². The van der Waals surface area contributed by atoms with E-state index in [0.29, 0.717) is 11.2 Å². The fourth-order valence-corrected chi connectivity index (χ4v) is 1.80. The Morgan fingerprint density at radius 2 is 1.79 bits per heavy atom. The lowest BCUT2D eigenvalue weighted by Crippen LogP contribution is -2.30. The number of allylic oxidation sites excluding steroid dienone is 2. The molecule has 3 nitrogen and oxygen atoms in total. The topological polar surface area (TPSA) is 49.7 Å². The van der Waals surface area contributed by atoms with Gasteiger partial charge in [-0.1, -0.05) is 19.1 Å². The van der Waals surface area contributed by atoms with E-state index in [1.807, 2.05) is 0 Å². The highest BCUT2D eigenvalue weighted by atomic mass is 19.2. The molecule has 1 aromatic carbocycles. The minimum absolute atomic E-state index is 0.330. The summed E-state index contributed by atoms with van der Waals surface area (Å²) < 4.78 is 31.9. The summed E-state index contributed by atoms with van der Waals surface area (Å²) in [6.45, 7) is 1.54. The van der Waals surface area contributed by atoms with Crippen LogP contribution in [0.15, 0.2) is 48.1 Å². The first kappa shape index (κ1) is 13.8. The molecule has 0 radical (unpaired) electrons. The van der Waals surface area contributed by atoms with Gasteiger partial charge >= 0.3 is 7.12 Å². The van der Waals surface area contributed by atoms with Crippen molar-refractivity contribution in [1.29, 1.82) is 0 Å². The fraction of sp³-hybridized carbons (Fsp3) is 0.231. The van der Waals surface area contributed by atoms with Crippen molar-refractivity contribution in [2.45, 2.75) is 13.0 Å². The molecule has 0 aliphatic heterocycles. The second-order valence-corrected chi connectivity index (χ2v) is 4.37. The van der Waals surface area contributed by atoms with Crippen molar-refractivity contribution in [3.05, 3.63) is 48.1 Å². The fourth-order valence-electron chi connectivity index (χ4n) is 1.80. The maximum atomic E-state index is 13.4. The van der Waals surface area contributed by atoms with Crippen LogP contribution in [0, 0.1) is 5.92 Å². The zero-order chi connectivity index (χ0) is 14.0. The van der Waals surface area contributed by atoms with Crippen molar-refractivity contribution < 1.29 is 23.6 Å². The Labute approximate surface area is 110 Å². The van der Waals surface area contributed by atoms with Crippen LogP contribution in [0.3, 0.4) is 0 Å². The molecule has 6 heteroatoms. The van der Waals surface area contributed by atoms with Gasteiger partial charge in [0.2, 0.25) is 0 Å². The summed E-state index contributed by atoms with van der Waals surface area (Å²) >= 11 is 0. The smallest absolute Gasteiger partial charge is 0.486 e. The number of hydrogen-bond donors (Lipinski definition) is 2. The van der Waals surface area contributed by atoms with Crippen molar-refractivity contribution in [1.82, 2.24) is 0 Å². The largest absolute Gasteiger partial charge is 0.488 e. The van der Waals surface area contributed by atoms with Crippen LogP contribution in [0.25, 0.3) is 0 Å². The van der Waals surface area contributed by atoms with Gasteiger partial charge in [-0.15, -0.1) is 0 Å². The number of halogens is 2. The van der Waals surface area contributed by atoms with Crippen molar-refractivity contribution in [3.63, 3.8) is 0 Å². The van der Waals surface area contributed by atoms with E-state index in [4.69, 9.17) is 14.8 Å². The highest BCUT2D eigenvalue weighted by molar-refractivity contribution is 6.58. The van der Waals surface area contributed by atoms with Gasteiger partial charge in [0.05, 0.1) is 5.92 Å². The quantitative estimate of drug-likeness (QED) is 0.814. The summed E-state index contributed by atoms with van der Waals surface area (Å²) in [4.78, 5) is 0. The number of benzene rings is 1. The summed E-state index contributed by atoms with van der Waals surface area (Å²) in [5, 5.41) is 17.9. The van der Waals surface area contributed by atoms with Crippen LogP contribution in [-0.2, 0) is 0 Å². The first-order valence-electron chi connectivity index (χ1n) is 5.85. The zero-order valence-electron chi connectivity index (χ0n) is 10.3. The molecular weight excluding hydrogens is 253 g/mol. The SMILES string of the molecule is CC1C(F)=C(F)C=CC1Oc1ccc(B(O)O)cc1. The highest BCUT2D eigenvalue weighted by Gasteiger charge is 2.27. The predicted molar refractivity (Wildman–Crippen MR) is 68.2 cm³/mol. The molecular formula is C13H13BF2O3. The molecule has 1 aliphatic rings. The van der Waals surface area contributed by atoms with E-state index >= 15 is 0 Å². The highest BCUT2D eigenvalue weighted by Crippen LogP contribution is 2.29. The maximum absolute atomic E-state index is 13.4. The summed E-state index contributed by atoms with van der Waals surface area (Å²) in [7, 11) is -1.54. The van der Waals surface area contributed by atoms with Crippen LogP contribution < -0.4 is 10.2 Å². The second-order valence-electron chi connectivity index (χ2n) is 4.37. The summed E-state index contributed by atoms with van der Waals surface area (Å²) in [6, 6.07) is 6.07. The van der Waals surface area contributed by atoms with Gasteiger partial charge in [-0.3, -0.25) is 0 Å². The molecule has 19 heavy (non-hydrogen) atoms. The van der Waals surface area contributed by atoms with Crippen molar-refractivity contribution in [2.75, 3.05) is 0 Å². The van der Waals surface area contributed by atoms with E-state index in [-0.39, 0.29) is 0 Å². The first-order chi connectivity index (χ1) is 8.99. The Bertz CT molecular complexity index is 511. The average Bonchev–Trinajstić information content (AvgIpc) is 2.40. The molecule has 0 spiro atoms. The molecule has 2 unspecified atom stereocenters. The Kier molecular flexibility index (Phi) is 4.02. The van der Waals surface area contributed by atoms with Crippen LogP contribution in [0.2, 0.25) is 0 Å². The molecule has 0 heterocycles. The van der Waals surface area contributed by atoms with E-state index in [1.165, 1.54) is 25.1 Å². The van der Waals surface area contributed by atoms with E-state index in [9.17, 15) is 8.78 Å². The molecule has 1 aromatic rings. The van der Waals surface area contributed by atoms with Gasteiger partial charge in [-0.05, 0) is 29.7 Å². The minimum Gasteiger partial charge on any atom is -0.486 e. The molecule has 1 aliphatic carbocycles. The Balaban J connectivity index is 2.08. The van der Waals surface area contributed by atoms with E-state index in [2.05, 4.69) is 0 Å². The molecule has 100 valence electrons. The monoisotopic (exact) mass is 266 g/mol. The third-order valence-electron chi connectivity index (χ3n) is 3.00. The molecule has 2 atom stereocenters. The van der Waals surface area contributed by atoms with Gasteiger partial charge in [0.25, 0.3) is 0 Å². The van der Waals surface area contributed by atoms with E-state index in [1.54, 1.807) is 12.1 Å². The molecule has 0 saturated heterocycles. The molecule has 0 saturated carbocycles. The lowest BCUT2D eigenvalue weighted by molar-refractivity contribution is 0.184. The van der Waals surface area contributed by atoms with Crippen LogP contribution in [-0.4, -0.2) is 23.3 Å². The molecule has 0 bridgehead atoms. The number of hydrogen-bond acceptors (Lipinski definition) is 3. The van der Waals surface area contributed by atoms with Crippen LogP contribution in [0.5, 0.6) is 5.75 Å². The Hall–Kier alpha value is -1.66. The standard InChI is InChI=1S/C13H13BF2O3/c1-8-12(7-6-11(15)13(8)16)19-10-4-2-9(3-5-10)14(17)18/h2-8,12,17-18H,1H3. The Morgan fingerprint density at radius 1 is 1.16 bits per heavy atom. The van der Waals surface area contributed by atoms with Crippen molar-refractivity contribution in [3.8, 4) is 5.75 Å². The first-order valence-corrected chi connectivity index (χ1v) is 5.85. The third kappa shape index (κ3) is 3.02. The van der Waals surface area contributed by atoms with Crippen molar-refractivity contribution >= 4 is 12.6 Å². The van der Waals surface area contributed by atoms with Crippen LogP contribution in [0.1, 0.15) is 6.92 Å². The predicted octanol–water partition coefficient (Wildman–Crippen LogP) is 1.47. The van der Waals surface area contributed by atoms with Crippen molar-refractivity contribution in [2.24, 2.45) is 5.92 Å². The lowest BCUT2D eigenvalue weighted by atomic mass is 9.80. The molecule has 2 rings (SSSR count). The molecule has 0 amide bonds. The van der Waals surface area contributed by atoms with E-state index < -0.39 is 30.8 Å². The third-order valence-corrected chi connectivity index (χ3v) is 3.00. The Morgan fingerprint density at radius 3 is 2.37 bits per heavy atom. The average molecular weight is 266 g/mol. The van der Waals surface area contributed by atoms with Gasteiger partial charge in [0, 0.05) is 0 Å². The normalized spacial score (nSPS) is 22.6. The van der Waals surface area contributed by atoms with Gasteiger partial charge < -0.3 is 14.8 Å². The van der Waals surface area contributed by atoms with Gasteiger partial charge in [0.15, 0.2) is 5.83 Å². The number of ether oxygens (including phenoxy) is 1. The minimum atomic E-state index is -1.54. The molecule has 0 aromatic heterocycles.